The Bertz CT molecular complexity index is 241. The van der Waals surface area contributed by atoms with Gasteiger partial charge in [-0.3, -0.25) is 4.79 Å². The normalized spacial score (nSPS) is 12.0. The van der Waals surface area contributed by atoms with Gasteiger partial charge in [0.1, 0.15) is 0 Å². The number of amides is 1. The maximum absolute atomic E-state index is 11.2. The molecule has 0 aliphatic rings. The molecule has 0 atom stereocenters. The van der Waals surface area contributed by atoms with Crippen molar-refractivity contribution >= 4 is 11.9 Å². The van der Waals surface area contributed by atoms with Crippen molar-refractivity contribution in [2.75, 3.05) is 14.1 Å². The number of carboxylic acid groups (broad SMARTS) is 1. The van der Waals surface area contributed by atoms with E-state index in [0.717, 1.165) is 0 Å². The van der Waals surface area contributed by atoms with Crippen LogP contribution in [-0.4, -0.2) is 36.0 Å². The zero-order valence-electron chi connectivity index (χ0n) is 7.71. The van der Waals surface area contributed by atoms with Gasteiger partial charge < -0.3 is 10.0 Å². The lowest BCUT2D eigenvalue weighted by molar-refractivity contribution is -0.133. The van der Waals surface area contributed by atoms with Crippen molar-refractivity contribution in [3.8, 4) is 0 Å². The summed E-state index contributed by atoms with van der Waals surface area (Å²) in [4.78, 5) is 23.0. The van der Waals surface area contributed by atoms with Crippen LogP contribution in [0.3, 0.4) is 0 Å². The monoisotopic (exact) mass is 171 g/mol. The lowest BCUT2D eigenvalue weighted by atomic mass is 10.1. The number of carboxylic acids is 1. The van der Waals surface area contributed by atoms with Crippen molar-refractivity contribution in [2.45, 2.75) is 13.8 Å². The van der Waals surface area contributed by atoms with Gasteiger partial charge in [-0.25, -0.2) is 4.79 Å². The Hall–Kier alpha value is -1.32. The zero-order chi connectivity index (χ0) is 9.89. The first-order valence-electron chi connectivity index (χ1n) is 3.50. The van der Waals surface area contributed by atoms with Crippen molar-refractivity contribution in [1.82, 2.24) is 4.90 Å². The minimum absolute atomic E-state index is 0.0914. The predicted molar refractivity (Wildman–Crippen MR) is 44.7 cm³/mol. The minimum Gasteiger partial charge on any atom is -0.478 e. The molecule has 0 aliphatic heterocycles. The van der Waals surface area contributed by atoms with Gasteiger partial charge in [-0.2, -0.15) is 0 Å². The third kappa shape index (κ3) is 2.38. The molecule has 0 saturated carbocycles. The lowest BCUT2D eigenvalue weighted by Crippen LogP contribution is -2.24. The van der Waals surface area contributed by atoms with Crippen LogP contribution < -0.4 is 0 Å². The third-order valence-corrected chi connectivity index (χ3v) is 1.61. The second-order valence-electron chi connectivity index (χ2n) is 2.75. The molecule has 0 bridgehead atoms. The second-order valence-corrected chi connectivity index (χ2v) is 2.75. The van der Waals surface area contributed by atoms with Gasteiger partial charge in [0.15, 0.2) is 0 Å². The fourth-order valence-electron chi connectivity index (χ4n) is 0.656. The fourth-order valence-corrected chi connectivity index (χ4v) is 0.656. The topological polar surface area (TPSA) is 57.6 Å². The van der Waals surface area contributed by atoms with E-state index in [1.54, 1.807) is 14.1 Å². The van der Waals surface area contributed by atoms with Crippen LogP contribution in [0.15, 0.2) is 11.1 Å². The highest BCUT2D eigenvalue weighted by Gasteiger charge is 2.13. The van der Waals surface area contributed by atoms with Gasteiger partial charge in [-0.15, -0.1) is 0 Å². The lowest BCUT2D eigenvalue weighted by Gasteiger charge is -2.11. The second kappa shape index (κ2) is 3.90. The van der Waals surface area contributed by atoms with Crippen molar-refractivity contribution in [1.29, 1.82) is 0 Å². The summed E-state index contributed by atoms with van der Waals surface area (Å²) in [7, 11) is 3.17. The van der Waals surface area contributed by atoms with Crippen LogP contribution in [0.5, 0.6) is 0 Å². The van der Waals surface area contributed by atoms with Crippen LogP contribution in [0, 0.1) is 0 Å². The maximum Gasteiger partial charge on any atom is 0.331 e. The number of rotatable bonds is 2. The molecule has 4 nitrogen and oxygen atoms in total. The Morgan fingerprint density at radius 3 is 1.75 bits per heavy atom. The van der Waals surface area contributed by atoms with E-state index in [0.29, 0.717) is 0 Å². The third-order valence-electron chi connectivity index (χ3n) is 1.61. The largest absolute Gasteiger partial charge is 0.478 e. The number of hydrogen-bond donors (Lipinski definition) is 1. The predicted octanol–water partition coefficient (Wildman–Crippen LogP) is 0.496. The first-order valence-corrected chi connectivity index (χ1v) is 3.50. The molecule has 0 rings (SSSR count). The number of carbonyl (C=O) groups is 2. The molecule has 0 aromatic heterocycles. The Morgan fingerprint density at radius 2 is 1.50 bits per heavy atom. The van der Waals surface area contributed by atoms with Crippen LogP contribution in [-0.2, 0) is 9.59 Å². The molecule has 0 saturated heterocycles. The van der Waals surface area contributed by atoms with Crippen LogP contribution in [0.4, 0.5) is 0 Å². The highest BCUT2D eigenvalue weighted by atomic mass is 16.4. The Labute approximate surface area is 71.5 Å². The molecule has 0 aromatic rings. The molecule has 68 valence electrons. The van der Waals surface area contributed by atoms with E-state index < -0.39 is 5.97 Å². The van der Waals surface area contributed by atoms with E-state index in [2.05, 4.69) is 0 Å². The van der Waals surface area contributed by atoms with Gasteiger partial charge in [-0.05, 0) is 13.8 Å². The van der Waals surface area contributed by atoms with Gasteiger partial charge in [0, 0.05) is 25.2 Å². The molecule has 0 radical (unpaired) electrons. The van der Waals surface area contributed by atoms with Gasteiger partial charge in [0.25, 0.3) is 0 Å². The smallest absolute Gasteiger partial charge is 0.331 e. The molecule has 0 spiro atoms. The summed E-state index contributed by atoms with van der Waals surface area (Å²) in [6.45, 7) is 2.92. The molecule has 0 heterocycles. The van der Waals surface area contributed by atoms with Gasteiger partial charge in [0.05, 0.1) is 0 Å². The maximum atomic E-state index is 11.2. The first-order chi connectivity index (χ1) is 5.37. The fraction of sp³-hybridized carbons (Fsp3) is 0.500. The van der Waals surface area contributed by atoms with Crippen molar-refractivity contribution in [3.63, 3.8) is 0 Å². The van der Waals surface area contributed by atoms with Gasteiger partial charge in [0.2, 0.25) is 5.91 Å². The Morgan fingerprint density at radius 1 is 1.08 bits per heavy atom. The van der Waals surface area contributed by atoms with E-state index in [1.165, 1.54) is 18.7 Å². The SMILES string of the molecule is CC(C(=O)O)=C(C)C(=O)N(C)C. The standard InChI is InChI=1S/C8H13NO3/c1-5(6(2)8(11)12)7(10)9(3)4/h1-4H3,(H,11,12). The molecule has 1 amide bonds. The summed E-state index contributed by atoms with van der Waals surface area (Å²) in [5.41, 5.74) is 0.362. The summed E-state index contributed by atoms with van der Waals surface area (Å²) in [6, 6.07) is 0. The van der Waals surface area contributed by atoms with Crippen molar-refractivity contribution < 1.29 is 14.7 Å². The minimum atomic E-state index is -1.05. The van der Waals surface area contributed by atoms with Crippen LogP contribution in [0.1, 0.15) is 13.8 Å². The number of carbonyl (C=O) groups excluding carboxylic acids is 1. The van der Waals surface area contributed by atoms with Crippen LogP contribution >= 0.6 is 0 Å². The highest BCUT2D eigenvalue weighted by Crippen LogP contribution is 2.05. The molecule has 12 heavy (non-hydrogen) atoms. The molecule has 0 unspecified atom stereocenters. The highest BCUT2D eigenvalue weighted by molar-refractivity contribution is 6.01. The summed E-state index contributed by atoms with van der Waals surface area (Å²) in [5.74, 6) is -1.32. The number of nitrogens with zero attached hydrogens (tertiary/aromatic N) is 1. The molecule has 0 aromatic carbocycles. The number of likely N-dealkylation sites (N-methyl/N-ethyl adjacent to an activating group) is 1. The van der Waals surface area contributed by atoms with Crippen molar-refractivity contribution in [3.05, 3.63) is 11.1 Å². The Balaban J connectivity index is 4.79. The molecule has 0 fully saturated rings. The van der Waals surface area contributed by atoms with Crippen LogP contribution in [0.25, 0.3) is 0 Å². The molecular weight excluding hydrogens is 158 g/mol. The summed E-state index contributed by atoms with van der Waals surface area (Å²) in [5, 5.41) is 8.55. The summed E-state index contributed by atoms with van der Waals surface area (Å²) in [6.07, 6.45) is 0. The van der Waals surface area contributed by atoms with E-state index >= 15 is 0 Å². The van der Waals surface area contributed by atoms with E-state index in [1.807, 2.05) is 0 Å². The van der Waals surface area contributed by atoms with Gasteiger partial charge >= 0.3 is 5.97 Å². The average molecular weight is 171 g/mol. The number of hydrogen-bond acceptors (Lipinski definition) is 2. The first kappa shape index (κ1) is 10.7. The summed E-state index contributed by atoms with van der Waals surface area (Å²) >= 11 is 0. The van der Waals surface area contributed by atoms with E-state index in [9.17, 15) is 9.59 Å². The molecule has 1 N–H and O–H groups in total. The van der Waals surface area contributed by atoms with Crippen molar-refractivity contribution in [2.24, 2.45) is 0 Å². The van der Waals surface area contributed by atoms with Gasteiger partial charge in [-0.1, -0.05) is 0 Å². The molecule has 4 heteroatoms. The van der Waals surface area contributed by atoms with E-state index in [4.69, 9.17) is 5.11 Å². The molecule has 0 aliphatic carbocycles. The van der Waals surface area contributed by atoms with E-state index in [-0.39, 0.29) is 17.1 Å². The average Bonchev–Trinajstić information content (AvgIpc) is 2.00. The quantitative estimate of drug-likeness (QED) is 0.615. The van der Waals surface area contributed by atoms with Crippen LogP contribution in [0.2, 0.25) is 0 Å². The zero-order valence-corrected chi connectivity index (χ0v) is 7.71. The Kier molecular flexibility index (Phi) is 3.47. The summed E-state index contributed by atoms with van der Waals surface area (Å²) < 4.78 is 0. The molecular formula is C8H13NO3. The number of aliphatic carboxylic acids is 1.